The zero-order chi connectivity index (χ0) is 14.7. The van der Waals surface area contributed by atoms with Crippen LogP contribution in [0, 0.1) is 12.8 Å². The van der Waals surface area contributed by atoms with Gasteiger partial charge >= 0.3 is 11.9 Å². The van der Waals surface area contributed by atoms with Crippen LogP contribution < -0.4 is 0 Å². The van der Waals surface area contributed by atoms with E-state index in [2.05, 4.69) is 5.10 Å². The van der Waals surface area contributed by atoms with Crippen molar-refractivity contribution in [2.45, 2.75) is 45.6 Å². The van der Waals surface area contributed by atoms with E-state index in [1.165, 1.54) is 6.20 Å². The van der Waals surface area contributed by atoms with Crippen LogP contribution in [-0.4, -0.2) is 33.4 Å². The van der Waals surface area contributed by atoms with Crippen LogP contribution in [0.25, 0.3) is 0 Å². The van der Waals surface area contributed by atoms with Gasteiger partial charge in [0, 0.05) is 0 Å². The Balaban J connectivity index is 2.00. The zero-order valence-electron chi connectivity index (χ0n) is 11.8. The van der Waals surface area contributed by atoms with Gasteiger partial charge in [0.2, 0.25) is 0 Å². The molecule has 6 nitrogen and oxygen atoms in total. The molecule has 0 unspecified atom stereocenters. The Morgan fingerprint density at radius 2 is 2.05 bits per heavy atom. The number of hydrogen-bond acceptors (Lipinski definition) is 4. The first kappa shape index (κ1) is 14.6. The topological polar surface area (TPSA) is 81.4 Å². The van der Waals surface area contributed by atoms with Crippen LogP contribution in [-0.2, 0) is 9.53 Å². The highest BCUT2D eigenvalue weighted by atomic mass is 16.5. The van der Waals surface area contributed by atoms with E-state index in [1.54, 1.807) is 11.6 Å². The van der Waals surface area contributed by atoms with Crippen LogP contribution >= 0.6 is 0 Å². The molecular weight excluding hydrogens is 260 g/mol. The van der Waals surface area contributed by atoms with E-state index in [1.807, 2.05) is 6.92 Å². The van der Waals surface area contributed by atoms with Gasteiger partial charge in [0.15, 0.2) is 0 Å². The van der Waals surface area contributed by atoms with Crippen molar-refractivity contribution in [3.8, 4) is 0 Å². The van der Waals surface area contributed by atoms with Gasteiger partial charge in [-0.15, -0.1) is 0 Å². The molecule has 1 aromatic rings. The molecule has 0 aromatic carbocycles. The average Bonchev–Trinajstić information content (AvgIpc) is 2.81. The Morgan fingerprint density at radius 3 is 2.55 bits per heavy atom. The predicted octanol–water partition coefficient (Wildman–Crippen LogP) is 2.18. The van der Waals surface area contributed by atoms with Crippen molar-refractivity contribution in [1.82, 2.24) is 9.78 Å². The number of aromatic nitrogens is 2. The third-order valence-corrected chi connectivity index (χ3v) is 3.94. The second-order valence-corrected chi connectivity index (χ2v) is 5.15. The molecule has 110 valence electrons. The maximum absolute atomic E-state index is 11.7. The van der Waals surface area contributed by atoms with Gasteiger partial charge in [-0.25, -0.2) is 4.79 Å². The number of esters is 1. The standard InChI is InChI=1S/C14H20N2O4/c1-3-20-14(19)10-4-6-11(7-5-10)16-9(2)12(8-15-16)13(17)18/h8,10-11H,3-7H2,1-2H3,(H,17,18)/t10-,11-. The Hall–Kier alpha value is -1.85. The molecule has 1 heterocycles. The Labute approximate surface area is 117 Å². The largest absolute Gasteiger partial charge is 0.478 e. The lowest BCUT2D eigenvalue weighted by atomic mass is 9.86. The quantitative estimate of drug-likeness (QED) is 0.855. The summed E-state index contributed by atoms with van der Waals surface area (Å²) >= 11 is 0. The fourth-order valence-corrected chi connectivity index (χ4v) is 2.82. The number of carboxylic acids is 1. The summed E-state index contributed by atoms with van der Waals surface area (Å²) < 4.78 is 6.83. The number of aromatic carboxylic acids is 1. The number of carbonyl (C=O) groups excluding carboxylic acids is 1. The fraction of sp³-hybridized carbons (Fsp3) is 0.643. The molecule has 6 heteroatoms. The molecule has 1 fully saturated rings. The van der Waals surface area contributed by atoms with Crippen molar-refractivity contribution in [3.05, 3.63) is 17.5 Å². The first-order valence-electron chi connectivity index (χ1n) is 6.98. The second kappa shape index (κ2) is 6.07. The molecule has 2 rings (SSSR count). The lowest BCUT2D eigenvalue weighted by molar-refractivity contribution is -0.149. The van der Waals surface area contributed by atoms with E-state index < -0.39 is 5.97 Å². The summed E-state index contributed by atoms with van der Waals surface area (Å²) in [5, 5.41) is 13.2. The van der Waals surface area contributed by atoms with Crippen LogP contribution in [0.3, 0.4) is 0 Å². The maximum Gasteiger partial charge on any atom is 0.339 e. The Morgan fingerprint density at radius 1 is 1.40 bits per heavy atom. The summed E-state index contributed by atoms with van der Waals surface area (Å²) in [6.07, 6.45) is 4.58. The van der Waals surface area contributed by atoms with E-state index >= 15 is 0 Å². The molecule has 1 saturated carbocycles. The lowest BCUT2D eigenvalue weighted by Crippen LogP contribution is -2.26. The number of rotatable bonds is 4. The molecule has 0 amide bonds. The highest BCUT2D eigenvalue weighted by Gasteiger charge is 2.29. The predicted molar refractivity (Wildman–Crippen MR) is 71.6 cm³/mol. The summed E-state index contributed by atoms with van der Waals surface area (Å²) in [6, 6.07) is 0.175. The SMILES string of the molecule is CCOC(=O)[C@H]1CC[C@H](n2ncc(C(=O)O)c2C)CC1. The molecule has 0 spiro atoms. The smallest absolute Gasteiger partial charge is 0.339 e. The van der Waals surface area contributed by atoms with E-state index in [0.29, 0.717) is 12.3 Å². The van der Waals surface area contributed by atoms with Crippen molar-refractivity contribution >= 4 is 11.9 Å². The molecule has 0 saturated heterocycles. The minimum Gasteiger partial charge on any atom is -0.478 e. The second-order valence-electron chi connectivity index (χ2n) is 5.15. The van der Waals surface area contributed by atoms with Crippen LogP contribution in [0.2, 0.25) is 0 Å². The molecule has 1 aromatic heterocycles. The summed E-state index contributed by atoms with van der Waals surface area (Å²) in [6.45, 7) is 4.00. The monoisotopic (exact) mass is 280 g/mol. The number of carbonyl (C=O) groups is 2. The highest BCUT2D eigenvalue weighted by Crippen LogP contribution is 2.33. The van der Waals surface area contributed by atoms with E-state index in [-0.39, 0.29) is 23.5 Å². The number of ether oxygens (including phenoxy) is 1. The molecule has 1 aliphatic rings. The first-order chi connectivity index (χ1) is 9.54. The Bertz CT molecular complexity index is 501. The molecule has 0 aliphatic heterocycles. The lowest BCUT2D eigenvalue weighted by Gasteiger charge is -2.28. The zero-order valence-corrected chi connectivity index (χ0v) is 11.8. The van der Waals surface area contributed by atoms with Gasteiger partial charge in [0.05, 0.1) is 30.5 Å². The van der Waals surface area contributed by atoms with Crippen LogP contribution in [0.5, 0.6) is 0 Å². The number of carboxylic acid groups (broad SMARTS) is 1. The van der Waals surface area contributed by atoms with Crippen LogP contribution in [0.4, 0.5) is 0 Å². The molecule has 20 heavy (non-hydrogen) atoms. The van der Waals surface area contributed by atoms with Crippen molar-refractivity contribution in [2.24, 2.45) is 5.92 Å². The third kappa shape index (κ3) is 2.84. The van der Waals surface area contributed by atoms with Crippen molar-refractivity contribution in [1.29, 1.82) is 0 Å². The van der Waals surface area contributed by atoms with Crippen LogP contribution in [0.1, 0.15) is 54.7 Å². The molecule has 1 N–H and O–H groups in total. The average molecular weight is 280 g/mol. The molecular formula is C14H20N2O4. The number of nitrogens with zero attached hydrogens (tertiary/aromatic N) is 2. The molecule has 0 bridgehead atoms. The van der Waals surface area contributed by atoms with Crippen molar-refractivity contribution in [3.63, 3.8) is 0 Å². The van der Waals surface area contributed by atoms with E-state index in [4.69, 9.17) is 9.84 Å². The van der Waals surface area contributed by atoms with Gasteiger partial charge in [0.1, 0.15) is 5.56 Å². The fourth-order valence-electron chi connectivity index (χ4n) is 2.82. The molecule has 0 radical (unpaired) electrons. The van der Waals surface area contributed by atoms with Gasteiger partial charge in [0.25, 0.3) is 0 Å². The molecule has 1 aliphatic carbocycles. The summed E-state index contributed by atoms with van der Waals surface area (Å²) in [4.78, 5) is 22.7. The van der Waals surface area contributed by atoms with Gasteiger partial charge in [-0.2, -0.15) is 5.10 Å². The van der Waals surface area contributed by atoms with Gasteiger partial charge in [-0.1, -0.05) is 0 Å². The minimum absolute atomic E-state index is 0.0268. The highest BCUT2D eigenvalue weighted by molar-refractivity contribution is 5.88. The third-order valence-electron chi connectivity index (χ3n) is 3.94. The van der Waals surface area contributed by atoms with Crippen molar-refractivity contribution < 1.29 is 19.4 Å². The normalized spacial score (nSPS) is 22.5. The van der Waals surface area contributed by atoms with Crippen LogP contribution in [0.15, 0.2) is 6.20 Å². The van der Waals surface area contributed by atoms with E-state index in [9.17, 15) is 9.59 Å². The van der Waals surface area contributed by atoms with Gasteiger partial charge < -0.3 is 9.84 Å². The summed E-state index contributed by atoms with van der Waals surface area (Å²) in [7, 11) is 0. The minimum atomic E-state index is -0.950. The summed E-state index contributed by atoms with van der Waals surface area (Å²) in [5.41, 5.74) is 0.926. The first-order valence-corrected chi connectivity index (χ1v) is 6.98. The summed E-state index contributed by atoms with van der Waals surface area (Å²) in [5.74, 6) is -1.09. The number of hydrogen-bond donors (Lipinski definition) is 1. The van der Waals surface area contributed by atoms with Gasteiger partial charge in [-0.05, 0) is 39.5 Å². The maximum atomic E-state index is 11.7. The Kier molecular flexibility index (Phi) is 4.42. The van der Waals surface area contributed by atoms with Crippen molar-refractivity contribution in [2.75, 3.05) is 6.61 Å². The van der Waals surface area contributed by atoms with Gasteiger partial charge in [-0.3, -0.25) is 9.48 Å². The molecule has 0 atom stereocenters. The van der Waals surface area contributed by atoms with E-state index in [0.717, 1.165) is 25.7 Å².